The van der Waals surface area contributed by atoms with E-state index in [9.17, 15) is 4.79 Å². The largest absolute Gasteiger partial charge is 0.341 e. The molecule has 1 saturated carbocycles. The van der Waals surface area contributed by atoms with Crippen LogP contribution in [-0.2, 0) is 11.3 Å². The normalized spacial score (nSPS) is 23.3. The zero-order valence-corrected chi connectivity index (χ0v) is 13.0. The fraction of sp³-hybridized carbons (Fsp3) is 0.615. The van der Waals surface area contributed by atoms with Crippen molar-refractivity contribution in [2.45, 2.75) is 38.3 Å². The zero-order chi connectivity index (χ0) is 13.1. The summed E-state index contributed by atoms with van der Waals surface area (Å²) >= 11 is 5.10. The van der Waals surface area contributed by atoms with Gasteiger partial charge >= 0.3 is 0 Å². The molecule has 18 heavy (non-hydrogen) atoms. The summed E-state index contributed by atoms with van der Waals surface area (Å²) in [4.78, 5) is 15.1. The van der Waals surface area contributed by atoms with Crippen LogP contribution in [0.1, 0.15) is 30.6 Å². The molecule has 0 unspecified atom stereocenters. The number of nitrogens with two attached hydrogens (primary N) is 1. The van der Waals surface area contributed by atoms with Gasteiger partial charge in [-0.3, -0.25) is 4.79 Å². The van der Waals surface area contributed by atoms with Crippen LogP contribution in [-0.4, -0.2) is 23.9 Å². The number of carbonyl (C=O) groups is 1. The van der Waals surface area contributed by atoms with Gasteiger partial charge < -0.3 is 10.6 Å². The first-order chi connectivity index (χ1) is 8.56. The van der Waals surface area contributed by atoms with E-state index in [0.717, 1.165) is 17.3 Å². The van der Waals surface area contributed by atoms with Gasteiger partial charge in [-0.15, -0.1) is 11.3 Å². The van der Waals surface area contributed by atoms with Crippen LogP contribution in [0.15, 0.2) is 15.9 Å². The molecule has 1 heterocycles. The smallest absolute Gasteiger partial charge is 0.222 e. The van der Waals surface area contributed by atoms with Gasteiger partial charge in [-0.2, -0.15) is 0 Å². The van der Waals surface area contributed by atoms with E-state index in [0.29, 0.717) is 18.9 Å². The Morgan fingerprint density at radius 1 is 1.61 bits per heavy atom. The molecule has 0 bridgehead atoms. The summed E-state index contributed by atoms with van der Waals surface area (Å²) in [6, 6.07) is 2.29. The molecule has 0 saturated heterocycles. The fourth-order valence-electron chi connectivity index (χ4n) is 2.46. The Morgan fingerprint density at radius 3 is 2.94 bits per heavy atom. The number of hydrogen-bond acceptors (Lipinski definition) is 3. The van der Waals surface area contributed by atoms with Crippen LogP contribution in [0.5, 0.6) is 0 Å². The minimum absolute atomic E-state index is 0.210. The summed E-state index contributed by atoms with van der Waals surface area (Å²) in [5, 5.41) is 2.04. The maximum atomic E-state index is 12.1. The van der Waals surface area contributed by atoms with Crippen molar-refractivity contribution in [3.8, 4) is 0 Å². The Labute approximate surface area is 120 Å². The van der Waals surface area contributed by atoms with Gasteiger partial charge in [-0.05, 0) is 40.8 Å². The molecule has 0 radical (unpaired) electrons. The molecule has 2 rings (SSSR count). The second-order valence-corrected chi connectivity index (χ2v) is 6.95. The van der Waals surface area contributed by atoms with Crippen LogP contribution in [0, 0.1) is 5.92 Å². The predicted molar refractivity (Wildman–Crippen MR) is 78.4 cm³/mol. The molecule has 100 valence electrons. The van der Waals surface area contributed by atoms with Crippen LogP contribution in [0.2, 0.25) is 0 Å². The van der Waals surface area contributed by atoms with Gasteiger partial charge in [0.05, 0.1) is 6.54 Å². The summed E-state index contributed by atoms with van der Waals surface area (Å²) in [6.45, 7) is 0.692. The van der Waals surface area contributed by atoms with Gasteiger partial charge in [0.2, 0.25) is 5.91 Å². The van der Waals surface area contributed by atoms with Crippen molar-refractivity contribution in [3.63, 3.8) is 0 Å². The van der Waals surface area contributed by atoms with Crippen LogP contribution in [0.3, 0.4) is 0 Å². The Balaban J connectivity index is 1.84. The Kier molecular flexibility index (Phi) is 4.81. The van der Waals surface area contributed by atoms with E-state index in [2.05, 4.69) is 22.0 Å². The van der Waals surface area contributed by atoms with Gasteiger partial charge in [0, 0.05) is 34.2 Å². The lowest BCUT2D eigenvalue weighted by Gasteiger charge is -2.20. The average molecular weight is 331 g/mol. The molecule has 2 atom stereocenters. The SMILES string of the molecule is CN(Cc1cc(Br)cs1)C(=O)C[C@@H]1CCC[C@H]1N. The third-order valence-corrected chi connectivity index (χ3v) is 5.28. The maximum absolute atomic E-state index is 12.1. The highest BCUT2D eigenvalue weighted by Gasteiger charge is 2.27. The molecule has 0 aromatic carbocycles. The molecule has 3 nitrogen and oxygen atoms in total. The van der Waals surface area contributed by atoms with E-state index in [-0.39, 0.29) is 11.9 Å². The third kappa shape index (κ3) is 3.56. The Morgan fingerprint density at radius 2 is 2.39 bits per heavy atom. The number of hydrogen-bond donors (Lipinski definition) is 1. The van der Waals surface area contributed by atoms with Crippen LogP contribution in [0.4, 0.5) is 0 Å². The summed E-state index contributed by atoms with van der Waals surface area (Å²) in [5.41, 5.74) is 6.01. The lowest BCUT2D eigenvalue weighted by Crippen LogP contribution is -2.32. The van der Waals surface area contributed by atoms with Crippen molar-refractivity contribution in [2.75, 3.05) is 7.05 Å². The fourth-order valence-corrected chi connectivity index (χ4v) is 3.96. The summed E-state index contributed by atoms with van der Waals surface area (Å²) in [7, 11) is 1.87. The quantitative estimate of drug-likeness (QED) is 0.922. The summed E-state index contributed by atoms with van der Waals surface area (Å²) in [6.07, 6.45) is 3.94. The molecule has 2 N–H and O–H groups in total. The monoisotopic (exact) mass is 330 g/mol. The van der Waals surface area contributed by atoms with Gasteiger partial charge in [0.1, 0.15) is 0 Å². The van der Waals surface area contributed by atoms with Crippen molar-refractivity contribution in [3.05, 3.63) is 20.8 Å². The Bertz CT molecular complexity index is 421. The van der Waals surface area contributed by atoms with Crippen molar-refractivity contribution in [1.82, 2.24) is 4.90 Å². The second-order valence-electron chi connectivity index (χ2n) is 5.04. The number of halogens is 1. The molecule has 1 aromatic rings. The van der Waals surface area contributed by atoms with Gasteiger partial charge in [-0.25, -0.2) is 0 Å². The molecular weight excluding hydrogens is 312 g/mol. The average Bonchev–Trinajstić information content (AvgIpc) is 2.89. The maximum Gasteiger partial charge on any atom is 0.222 e. The first-order valence-corrected chi connectivity index (χ1v) is 7.96. The number of carbonyl (C=O) groups excluding carboxylic acids is 1. The van der Waals surface area contributed by atoms with Crippen LogP contribution < -0.4 is 5.73 Å². The van der Waals surface area contributed by atoms with Gasteiger partial charge in [0.15, 0.2) is 0 Å². The third-order valence-electron chi connectivity index (χ3n) is 3.60. The van der Waals surface area contributed by atoms with Crippen LogP contribution in [0.25, 0.3) is 0 Å². The Hall–Kier alpha value is -0.390. The highest BCUT2D eigenvalue weighted by Crippen LogP contribution is 2.28. The number of nitrogens with zero attached hydrogens (tertiary/aromatic N) is 1. The molecule has 1 aliphatic rings. The van der Waals surface area contributed by atoms with Crippen molar-refractivity contribution < 1.29 is 4.79 Å². The molecule has 1 amide bonds. The topological polar surface area (TPSA) is 46.3 Å². The first-order valence-electron chi connectivity index (χ1n) is 6.28. The van der Waals surface area contributed by atoms with Crippen molar-refractivity contribution in [2.24, 2.45) is 11.7 Å². The molecule has 0 spiro atoms. The zero-order valence-electron chi connectivity index (χ0n) is 10.6. The molecule has 5 heteroatoms. The van der Waals surface area contributed by atoms with Gasteiger partial charge in [0.25, 0.3) is 0 Å². The van der Waals surface area contributed by atoms with E-state index in [1.54, 1.807) is 11.3 Å². The van der Waals surface area contributed by atoms with Crippen molar-refractivity contribution >= 4 is 33.2 Å². The molecule has 1 aliphatic carbocycles. The van der Waals surface area contributed by atoms with Crippen molar-refractivity contribution in [1.29, 1.82) is 0 Å². The van der Waals surface area contributed by atoms with E-state index in [1.807, 2.05) is 17.3 Å². The van der Waals surface area contributed by atoms with E-state index in [1.165, 1.54) is 11.3 Å². The lowest BCUT2D eigenvalue weighted by molar-refractivity contribution is -0.131. The summed E-state index contributed by atoms with van der Waals surface area (Å²) < 4.78 is 1.08. The highest BCUT2D eigenvalue weighted by atomic mass is 79.9. The number of thiophene rings is 1. The molecular formula is C13H19BrN2OS. The minimum Gasteiger partial charge on any atom is -0.341 e. The highest BCUT2D eigenvalue weighted by molar-refractivity contribution is 9.10. The molecule has 0 aliphatic heterocycles. The predicted octanol–water partition coefficient (Wildman–Crippen LogP) is 2.99. The first kappa shape index (κ1) is 14.0. The standard InChI is InChI=1S/C13H19BrN2OS/c1-16(7-11-6-10(14)8-18-11)13(17)5-9-3-2-4-12(9)15/h6,8-9,12H,2-5,7,15H2,1H3/t9-,12+/m0/s1. The number of rotatable bonds is 4. The van der Waals surface area contributed by atoms with Gasteiger partial charge in [-0.1, -0.05) is 6.42 Å². The van der Waals surface area contributed by atoms with E-state index < -0.39 is 0 Å². The van der Waals surface area contributed by atoms with E-state index >= 15 is 0 Å². The summed E-state index contributed by atoms with van der Waals surface area (Å²) in [5.74, 6) is 0.594. The minimum atomic E-state index is 0.210. The molecule has 1 aromatic heterocycles. The second kappa shape index (κ2) is 6.17. The van der Waals surface area contributed by atoms with E-state index in [4.69, 9.17) is 5.73 Å². The number of amides is 1. The molecule has 1 fully saturated rings. The lowest BCUT2D eigenvalue weighted by atomic mass is 9.99. The van der Waals surface area contributed by atoms with Crippen LogP contribution >= 0.6 is 27.3 Å².